The third kappa shape index (κ3) is 15.7. The van der Waals surface area contributed by atoms with Gasteiger partial charge in [-0.2, -0.15) is 0 Å². The van der Waals surface area contributed by atoms with E-state index in [0.29, 0.717) is 6.61 Å². The molecule has 1 unspecified atom stereocenters. The van der Waals surface area contributed by atoms with E-state index in [-0.39, 0.29) is 6.10 Å². The average Bonchev–Trinajstić information content (AvgIpc) is 2.30. The minimum absolute atomic E-state index is 0.360. The van der Waals surface area contributed by atoms with Crippen molar-refractivity contribution in [3.63, 3.8) is 0 Å². The van der Waals surface area contributed by atoms with Gasteiger partial charge >= 0.3 is 0 Å². The summed E-state index contributed by atoms with van der Waals surface area (Å²) in [5.41, 5.74) is 0. The standard InChI is InChI=1S/C15H30O2/c1-3-4-5-6-7-8-9-10-13-17-14-11-12-15(2)16/h11-12,15-16H,3-10,13-14H2,1-2H3. The molecule has 2 heteroatoms. The number of hydrogen-bond acceptors (Lipinski definition) is 2. The second-order valence-electron chi connectivity index (χ2n) is 4.72. The topological polar surface area (TPSA) is 29.5 Å². The van der Waals surface area contributed by atoms with Crippen molar-refractivity contribution in [2.45, 2.75) is 71.3 Å². The molecule has 0 aromatic heterocycles. The molecule has 0 fully saturated rings. The van der Waals surface area contributed by atoms with Gasteiger partial charge in [-0.1, -0.05) is 64.0 Å². The molecular weight excluding hydrogens is 212 g/mol. The summed E-state index contributed by atoms with van der Waals surface area (Å²) in [6, 6.07) is 0. The molecule has 0 aliphatic heterocycles. The van der Waals surface area contributed by atoms with Gasteiger partial charge in [0.15, 0.2) is 0 Å². The molecule has 0 aliphatic carbocycles. The van der Waals surface area contributed by atoms with Gasteiger partial charge in [0.05, 0.1) is 12.7 Å². The highest BCUT2D eigenvalue weighted by molar-refractivity contribution is 4.85. The Kier molecular flexibility index (Phi) is 13.4. The third-order valence-corrected chi connectivity index (χ3v) is 2.77. The molecule has 0 spiro atoms. The van der Waals surface area contributed by atoms with Crippen LogP contribution in [0.5, 0.6) is 0 Å². The minimum Gasteiger partial charge on any atom is -0.389 e. The third-order valence-electron chi connectivity index (χ3n) is 2.77. The molecule has 2 nitrogen and oxygen atoms in total. The lowest BCUT2D eigenvalue weighted by atomic mass is 10.1. The highest BCUT2D eigenvalue weighted by Crippen LogP contribution is 2.08. The van der Waals surface area contributed by atoms with Gasteiger partial charge in [-0.05, 0) is 13.3 Å². The fourth-order valence-corrected chi connectivity index (χ4v) is 1.74. The Labute approximate surface area is 107 Å². The highest BCUT2D eigenvalue weighted by Gasteiger charge is 1.91. The van der Waals surface area contributed by atoms with E-state index in [0.717, 1.165) is 13.0 Å². The summed E-state index contributed by atoms with van der Waals surface area (Å²) in [6.45, 7) is 5.47. The Morgan fingerprint density at radius 1 is 1.00 bits per heavy atom. The Bertz CT molecular complexity index is 164. The van der Waals surface area contributed by atoms with Crippen LogP contribution in [0.4, 0.5) is 0 Å². The number of rotatable bonds is 12. The highest BCUT2D eigenvalue weighted by atomic mass is 16.5. The van der Waals surface area contributed by atoms with Crippen LogP contribution in [0.1, 0.15) is 65.2 Å². The first-order chi connectivity index (χ1) is 8.27. The van der Waals surface area contributed by atoms with E-state index in [1.54, 1.807) is 13.0 Å². The van der Waals surface area contributed by atoms with E-state index in [1.165, 1.54) is 44.9 Å². The molecule has 0 amide bonds. The molecule has 0 saturated heterocycles. The number of unbranched alkanes of at least 4 members (excludes halogenated alkanes) is 7. The SMILES string of the molecule is CCCCCCCCCCOCC=CC(C)O. The van der Waals surface area contributed by atoms with Gasteiger partial charge in [0.2, 0.25) is 0 Å². The molecule has 1 atom stereocenters. The van der Waals surface area contributed by atoms with E-state index < -0.39 is 0 Å². The maximum Gasteiger partial charge on any atom is 0.0693 e. The van der Waals surface area contributed by atoms with Crippen LogP contribution in [0.2, 0.25) is 0 Å². The number of ether oxygens (including phenoxy) is 1. The maximum atomic E-state index is 8.97. The molecule has 0 radical (unpaired) electrons. The zero-order valence-electron chi connectivity index (χ0n) is 11.7. The predicted octanol–water partition coefficient (Wildman–Crippen LogP) is 4.08. The average molecular weight is 242 g/mol. The van der Waals surface area contributed by atoms with Crippen LogP contribution < -0.4 is 0 Å². The Balaban J connectivity index is 2.99. The van der Waals surface area contributed by atoms with Gasteiger partial charge in [-0.15, -0.1) is 0 Å². The molecule has 0 aromatic carbocycles. The number of aliphatic hydroxyl groups excluding tert-OH is 1. The van der Waals surface area contributed by atoms with Crippen molar-refractivity contribution in [1.82, 2.24) is 0 Å². The summed E-state index contributed by atoms with van der Waals surface area (Å²) in [4.78, 5) is 0. The van der Waals surface area contributed by atoms with Gasteiger partial charge in [0.1, 0.15) is 0 Å². The summed E-state index contributed by atoms with van der Waals surface area (Å²) < 4.78 is 5.43. The van der Waals surface area contributed by atoms with Crippen molar-refractivity contribution in [2.75, 3.05) is 13.2 Å². The van der Waals surface area contributed by atoms with Crippen molar-refractivity contribution < 1.29 is 9.84 Å². The first kappa shape index (κ1) is 16.7. The summed E-state index contributed by atoms with van der Waals surface area (Å²) in [7, 11) is 0. The Morgan fingerprint density at radius 3 is 2.18 bits per heavy atom. The number of aliphatic hydroxyl groups is 1. The molecule has 0 heterocycles. The first-order valence-corrected chi connectivity index (χ1v) is 7.19. The van der Waals surface area contributed by atoms with Gasteiger partial charge < -0.3 is 9.84 Å². The van der Waals surface area contributed by atoms with E-state index in [4.69, 9.17) is 9.84 Å². The molecule has 17 heavy (non-hydrogen) atoms. The van der Waals surface area contributed by atoms with E-state index >= 15 is 0 Å². The fraction of sp³-hybridized carbons (Fsp3) is 0.867. The lowest BCUT2D eigenvalue weighted by Gasteiger charge is -2.02. The summed E-state index contributed by atoms with van der Waals surface area (Å²) in [5.74, 6) is 0. The van der Waals surface area contributed by atoms with Crippen molar-refractivity contribution in [1.29, 1.82) is 0 Å². The van der Waals surface area contributed by atoms with E-state index in [9.17, 15) is 0 Å². The van der Waals surface area contributed by atoms with Gasteiger partial charge in [0, 0.05) is 6.61 Å². The summed E-state index contributed by atoms with van der Waals surface area (Å²) in [6.07, 6.45) is 14.0. The van der Waals surface area contributed by atoms with Crippen LogP contribution in [0.15, 0.2) is 12.2 Å². The van der Waals surface area contributed by atoms with Crippen LogP contribution in [0.25, 0.3) is 0 Å². The second kappa shape index (κ2) is 13.7. The molecule has 0 aliphatic rings. The van der Waals surface area contributed by atoms with Gasteiger partial charge in [-0.3, -0.25) is 0 Å². The Morgan fingerprint density at radius 2 is 1.59 bits per heavy atom. The molecular formula is C15H30O2. The van der Waals surface area contributed by atoms with E-state index in [2.05, 4.69) is 6.92 Å². The van der Waals surface area contributed by atoms with Crippen molar-refractivity contribution >= 4 is 0 Å². The van der Waals surface area contributed by atoms with Crippen molar-refractivity contribution in [2.24, 2.45) is 0 Å². The normalized spacial score (nSPS) is 13.4. The number of hydrogen-bond donors (Lipinski definition) is 1. The minimum atomic E-state index is -0.360. The first-order valence-electron chi connectivity index (χ1n) is 7.19. The predicted molar refractivity (Wildman–Crippen MR) is 74.2 cm³/mol. The molecule has 0 bridgehead atoms. The fourth-order valence-electron chi connectivity index (χ4n) is 1.74. The van der Waals surface area contributed by atoms with E-state index in [1.807, 2.05) is 6.08 Å². The quantitative estimate of drug-likeness (QED) is 0.413. The zero-order valence-corrected chi connectivity index (χ0v) is 11.7. The summed E-state index contributed by atoms with van der Waals surface area (Å²) in [5, 5.41) is 8.97. The van der Waals surface area contributed by atoms with Crippen LogP contribution in [0, 0.1) is 0 Å². The molecule has 102 valence electrons. The Hall–Kier alpha value is -0.340. The largest absolute Gasteiger partial charge is 0.389 e. The van der Waals surface area contributed by atoms with Crippen LogP contribution in [0.3, 0.4) is 0 Å². The molecule has 0 aromatic rings. The van der Waals surface area contributed by atoms with Crippen LogP contribution in [-0.2, 0) is 4.74 Å². The monoisotopic (exact) mass is 242 g/mol. The van der Waals surface area contributed by atoms with Crippen LogP contribution >= 0.6 is 0 Å². The molecule has 1 N–H and O–H groups in total. The van der Waals surface area contributed by atoms with Crippen molar-refractivity contribution in [3.05, 3.63) is 12.2 Å². The molecule has 0 saturated carbocycles. The van der Waals surface area contributed by atoms with Crippen molar-refractivity contribution in [3.8, 4) is 0 Å². The van der Waals surface area contributed by atoms with Gasteiger partial charge in [-0.25, -0.2) is 0 Å². The zero-order chi connectivity index (χ0) is 12.8. The maximum absolute atomic E-state index is 8.97. The summed E-state index contributed by atoms with van der Waals surface area (Å²) >= 11 is 0. The van der Waals surface area contributed by atoms with Crippen LogP contribution in [-0.4, -0.2) is 24.4 Å². The molecule has 0 rings (SSSR count). The van der Waals surface area contributed by atoms with Gasteiger partial charge in [0.25, 0.3) is 0 Å². The second-order valence-corrected chi connectivity index (χ2v) is 4.72. The lowest BCUT2D eigenvalue weighted by Crippen LogP contribution is -1.97. The lowest BCUT2D eigenvalue weighted by molar-refractivity contribution is 0.155. The smallest absolute Gasteiger partial charge is 0.0693 e.